The van der Waals surface area contributed by atoms with Crippen LogP contribution in [0.3, 0.4) is 0 Å². The van der Waals surface area contributed by atoms with Crippen molar-refractivity contribution in [3.8, 4) is 22.8 Å². The van der Waals surface area contributed by atoms with Crippen LogP contribution in [0.25, 0.3) is 11.3 Å². The van der Waals surface area contributed by atoms with Crippen molar-refractivity contribution in [3.63, 3.8) is 0 Å². The zero-order valence-corrected chi connectivity index (χ0v) is 13.2. The largest absolute Gasteiger partial charge is 0.504 e. The van der Waals surface area contributed by atoms with E-state index in [1.54, 1.807) is 6.07 Å². The van der Waals surface area contributed by atoms with Crippen molar-refractivity contribution in [2.24, 2.45) is 0 Å². The van der Waals surface area contributed by atoms with E-state index in [4.69, 9.17) is 4.74 Å². The highest BCUT2D eigenvalue weighted by Gasteiger charge is 2.22. The van der Waals surface area contributed by atoms with Gasteiger partial charge >= 0.3 is 0 Å². The van der Waals surface area contributed by atoms with Crippen LogP contribution in [-0.2, 0) is 13.0 Å². The van der Waals surface area contributed by atoms with Crippen LogP contribution in [0.2, 0.25) is 0 Å². The molecule has 0 aliphatic carbocycles. The summed E-state index contributed by atoms with van der Waals surface area (Å²) in [5.74, 6) is 0.681. The lowest BCUT2D eigenvalue weighted by Crippen LogP contribution is -2.31. The third-order valence-electron chi connectivity index (χ3n) is 4.09. The first-order valence-corrected chi connectivity index (χ1v) is 7.97. The predicted octanol–water partition coefficient (Wildman–Crippen LogP) is 2.95. The number of phenolic OH excluding ortho intramolecular Hbond substituents is 1. The summed E-state index contributed by atoms with van der Waals surface area (Å²) in [6.07, 6.45) is 2.18. The van der Waals surface area contributed by atoms with Gasteiger partial charge in [-0.15, -0.1) is 0 Å². The van der Waals surface area contributed by atoms with Gasteiger partial charge in [0.05, 0.1) is 12.3 Å². The first-order chi connectivity index (χ1) is 10.7. The summed E-state index contributed by atoms with van der Waals surface area (Å²) in [6.45, 7) is 7.77. The number of hydrogen-bond donors (Lipinski definition) is 2. The number of fused-ring (bicyclic) bond motifs is 1. The van der Waals surface area contributed by atoms with Crippen LogP contribution in [-0.4, -0.2) is 39.9 Å². The lowest BCUT2D eigenvalue weighted by Gasteiger charge is -2.26. The van der Waals surface area contributed by atoms with Crippen molar-refractivity contribution in [1.29, 1.82) is 0 Å². The van der Waals surface area contributed by atoms with Crippen molar-refractivity contribution in [2.75, 3.05) is 19.7 Å². The van der Waals surface area contributed by atoms with Gasteiger partial charge in [-0.1, -0.05) is 6.92 Å². The molecule has 0 bridgehead atoms. The quantitative estimate of drug-likeness (QED) is 0.891. The molecule has 0 saturated carbocycles. The molecule has 0 fully saturated rings. The van der Waals surface area contributed by atoms with E-state index in [9.17, 15) is 5.11 Å². The molecule has 0 saturated heterocycles. The van der Waals surface area contributed by atoms with Crippen LogP contribution < -0.4 is 4.74 Å². The molecule has 0 spiro atoms. The number of ether oxygens (including phenoxy) is 1. The average molecular weight is 301 g/mol. The number of nitrogens with one attached hydrogen (secondary N) is 1. The Morgan fingerprint density at radius 2 is 2.23 bits per heavy atom. The average Bonchev–Trinajstić information content (AvgIpc) is 2.93. The number of H-pyrrole nitrogens is 1. The number of nitrogens with zero attached hydrogens (tertiary/aromatic N) is 2. The molecule has 2 aromatic rings. The van der Waals surface area contributed by atoms with Gasteiger partial charge in [0.15, 0.2) is 11.5 Å². The number of hydrogen-bond acceptors (Lipinski definition) is 4. The van der Waals surface area contributed by atoms with Crippen molar-refractivity contribution in [1.82, 2.24) is 15.1 Å². The lowest BCUT2D eigenvalue weighted by molar-refractivity contribution is 0.254. The maximum atomic E-state index is 9.85. The predicted molar refractivity (Wildman–Crippen MR) is 86.1 cm³/mol. The Balaban J connectivity index is 1.93. The van der Waals surface area contributed by atoms with Gasteiger partial charge in [-0.25, -0.2) is 0 Å². The van der Waals surface area contributed by atoms with Gasteiger partial charge in [-0.05, 0) is 38.1 Å². The van der Waals surface area contributed by atoms with Crippen molar-refractivity contribution in [3.05, 3.63) is 29.5 Å². The second kappa shape index (κ2) is 6.40. The van der Waals surface area contributed by atoms with E-state index >= 15 is 0 Å². The van der Waals surface area contributed by atoms with Crippen LogP contribution in [0.15, 0.2) is 18.2 Å². The van der Waals surface area contributed by atoms with Gasteiger partial charge in [0.2, 0.25) is 0 Å². The van der Waals surface area contributed by atoms with E-state index < -0.39 is 0 Å². The summed E-state index contributed by atoms with van der Waals surface area (Å²) in [6, 6.07) is 5.44. The zero-order valence-electron chi connectivity index (χ0n) is 13.2. The Hall–Kier alpha value is -2.01. The van der Waals surface area contributed by atoms with Crippen molar-refractivity contribution < 1.29 is 9.84 Å². The maximum absolute atomic E-state index is 9.85. The molecule has 0 radical (unpaired) electrons. The molecule has 2 heterocycles. The molecule has 5 heteroatoms. The van der Waals surface area contributed by atoms with Crippen LogP contribution in [0.1, 0.15) is 31.5 Å². The second-order valence-electron chi connectivity index (χ2n) is 5.67. The van der Waals surface area contributed by atoms with E-state index in [2.05, 4.69) is 22.0 Å². The van der Waals surface area contributed by atoms with E-state index in [1.165, 1.54) is 11.3 Å². The summed E-state index contributed by atoms with van der Waals surface area (Å²) >= 11 is 0. The summed E-state index contributed by atoms with van der Waals surface area (Å²) in [5.41, 5.74) is 4.45. The number of aromatic amines is 1. The first-order valence-electron chi connectivity index (χ1n) is 7.97. The number of benzene rings is 1. The molecule has 1 aliphatic heterocycles. The fourth-order valence-corrected chi connectivity index (χ4v) is 3.03. The molecule has 2 N–H and O–H groups in total. The molecule has 0 unspecified atom stereocenters. The highest BCUT2D eigenvalue weighted by molar-refractivity contribution is 5.67. The van der Waals surface area contributed by atoms with Crippen LogP contribution in [0.4, 0.5) is 0 Å². The van der Waals surface area contributed by atoms with E-state index in [0.29, 0.717) is 12.4 Å². The van der Waals surface area contributed by atoms with Crippen LogP contribution >= 0.6 is 0 Å². The standard InChI is InChI=1S/C17H23N3O2/c1-3-8-20-9-7-14-13(11-20)17(19-18-14)12-5-6-15(21)16(10-12)22-4-2/h5-6,10,21H,3-4,7-9,11H2,1-2H3,(H,18,19). The third kappa shape index (κ3) is 2.81. The summed E-state index contributed by atoms with van der Waals surface area (Å²) in [7, 11) is 0. The maximum Gasteiger partial charge on any atom is 0.161 e. The monoisotopic (exact) mass is 301 g/mol. The van der Waals surface area contributed by atoms with Gasteiger partial charge in [-0.2, -0.15) is 5.10 Å². The molecule has 0 atom stereocenters. The van der Waals surface area contributed by atoms with E-state index in [-0.39, 0.29) is 5.75 Å². The number of phenols is 1. The van der Waals surface area contributed by atoms with Gasteiger partial charge in [0, 0.05) is 36.3 Å². The Morgan fingerprint density at radius 3 is 3.00 bits per heavy atom. The molecular formula is C17H23N3O2. The van der Waals surface area contributed by atoms with Gasteiger partial charge in [0.1, 0.15) is 0 Å². The molecule has 1 aliphatic rings. The highest BCUT2D eigenvalue weighted by Crippen LogP contribution is 2.34. The van der Waals surface area contributed by atoms with Crippen molar-refractivity contribution in [2.45, 2.75) is 33.2 Å². The fourth-order valence-electron chi connectivity index (χ4n) is 3.03. The molecule has 3 rings (SSSR count). The molecule has 0 amide bonds. The molecule has 1 aromatic carbocycles. The normalized spacial score (nSPS) is 14.8. The first kappa shape index (κ1) is 14.9. The number of aromatic nitrogens is 2. The summed E-state index contributed by atoms with van der Waals surface area (Å²) in [4.78, 5) is 2.46. The summed E-state index contributed by atoms with van der Waals surface area (Å²) in [5, 5.41) is 17.5. The Morgan fingerprint density at radius 1 is 1.36 bits per heavy atom. The van der Waals surface area contributed by atoms with Crippen LogP contribution in [0, 0.1) is 0 Å². The Kier molecular flexibility index (Phi) is 4.34. The molecule has 5 nitrogen and oxygen atoms in total. The van der Waals surface area contributed by atoms with E-state index in [0.717, 1.165) is 43.7 Å². The number of rotatable bonds is 5. The molecule has 118 valence electrons. The van der Waals surface area contributed by atoms with Crippen LogP contribution in [0.5, 0.6) is 11.5 Å². The third-order valence-corrected chi connectivity index (χ3v) is 4.09. The second-order valence-corrected chi connectivity index (χ2v) is 5.67. The number of aromatic hydroxyl groups is 1. The lowest BCUT2D eigenvalue weighted by atomic mass is 10.0. The topological polar surface area (TPSA) is 61.4 Å². The minimum Gasteiger partial charge on any atom is -0.504 e. The summed E-state index contributed by atoms with van der Waals surface area (Å²) < 4.78 is 5.48. The van der Waals surface area contributed by atoms with Gasteiger partial charge < -0.3 is 9.84 Å². The van der Waals surface area contributed by atoms with Gasteiger partial charge in [-0.3, -0.25) is 10.00 Å². The fraction of sp³-hybridized carbons (Fsp3) is 0.471. The highest BCUT2D eigenvalue weighted by atomic mass is 16.5. The zero-order chi connectivity index (χ0) is 15.5. The Bertz CT molecular complexity index is 651. The van der Waals surface area contributed by atoms with Crippen molar-refractivity contribution >= 4 is 0 Å². The SMILES string of the molecule is CCCN1CCc2[nH]nc(-c3ccc(O)c(OCC)c3)c2C1. The van der Waals surface area contributed by atoms with E-state index in [1.807, 2.05) is 19.1 Å². The molecule has 22 heavy (non-hydrogen) atoms. The minimum absolute atomic E-state index is 0.169. The van der Waals surface area contributed by atoms with Gasteiger partial charge in [0.25, 0.3) is 0 Å². The molecule has 1 aromatic heterocycles. The smallest absolute Gasteiger partial charge is 0.161 e. The molecular weight excluding hydrogens is 278 g/mol. The Labute approximate surface area is 130 Å². The minimum atomic E-state index is 0.169.